The second-order valence-electron chi connectivity index (χ2n) is 4.56. The van der Waals surface area contributed by atoms with Crippen LogP contribution >= 0.6 is 0 Å². The number of hydrogen-bond acceptors (Lipinski definition) is 1. The SMILES string of the molecule is C=C(CCCCC)[C@@H]1CC=C(C)C(=O)C1. The third-order valence-electron chi connectivity index (χ3n) is 3.26. The molecule has 0 aromatic rings. The number of unbranched alkanes of at least 4 members (excludes halogenated alkanes) is 2. The highest BCUT2D eigenvalue weighted by Gasteiger charge is 2.20. The Labute approximate surface area is 93.3 Å². The van der Waals surface area contributed by atoms with Crippen molar-refractivity contribution in [1.82, 2.24) is 0 Å². The lowest BCUT2D eigenvalue weighted by molar-refractivity contribution is -0.116. The Kier molecular flexibility index (Phi) is 4.80. The van der Waals surface area contributed by atoms with Gasteiger partial charge in [0.2, 0.25) is 0 Å². The Hall–Kier alpha value is -0.850. The van der Waals surface area contributed by atoms with Gasteiger partial charge in [-0.2, -0.15) is 0 Å². The fourth-order valence-electron chi connectivity index (χ4n) is 2.02. The molecule has 1 nitrogen and oxygen atoms in total. The average molecular weight is 206 g/mol. The Balaban J connectivity index is 2.39. The summed E-state index contributed by atoms with van der Waals surface area (Å²) in [5.41, 5.74) is 2.22. The van der Waals surface area contributed by atoms with E-state index in [1.807, 2.05) is 6.92 Å². The van der Waals surface area contributed by atoms with Crippen LogP contribution in [0.2, 0.25) is 0 Å². The van der Waals surface area contributed by atoms with Crippen molar-refractivity contribution in [2.75, 3.05) is 0 Å². The van der Waals surface area contributed by atoms with Gasteiger partial charge in [-0.3, -0.25) is 4.79 Å². The Morgan fingerprint density at radius 3 is 2.87 bits per heavy atom. The molecule has 0 spiro atoms. The first-order chi connectivity index (χ1) is 7.15. The van der Waals surface area contributed by atoms with Crippen molar-refractivity contribution in [3.05, 3.63) is 23.8 Å². The van der Waals surface area contributed by atoms with Crippen LogP contribution in [0.5, 0.6) is 0 Å². The summed E-state index contributed by atoms with van der Waals surface area (Å²) in [5.74, 6) is 0.723. The molecular formula is C14H22O. The zero-order valence-corrected chi connectivity index (χ0v) is 10.0. The molecule has 0 radical (unpaired) electrons. The van der Waals surface area contributed by atoms with E-state index >= 15 is 0 Å². The van der Waals surface area contributed by atoms with E-state index in [1.165, 1.54) is 24.8 Å². The van der Waals surface area contributed by atoms with Gasteiger partial charge in [0.25, 0.3) is 0 Å². The van der Waals surface area contributed by atoms with Crippen molar-refractivity contribution in [3.63, 3.8) is 0 Å². The second-order valence-corrected chi connectivity index (χ2v) is 4.56. The fourth-order valence-corrected chi connectivity index (χ4v) is 2.02. The quantitative estimate of drug-likeness (QED) is 0.490. The van der Waals surface area contributed by atoms with E-state index in [-0.39, 0.29) is 0 Å². The van der Waals surface area contributed by atoms with E-state index in [0.29, 0.717) is 18.1 Å². The van der Waals surface area contributed by atoms with Gasteiger partial charge >= 0.3 is 0 Å². The fraction of sp³-hybridized carbons (Fsp3) is 0.643. The number of carbonyl (C=O) groups is 1. The molecule has 1 rings (SSSR count). The van der Waals surface area contributed by atoms with Crippen molar-refractivity contribution in [1.29, 1.82) is 0 Å². The third-order valence-corrected chi connectivity index (χ3v) is 3.26. The normalized spacial score (nSPS) is 21.3. The Morgan fingerprint density at radius 2 is 2.27 bits per heavy atom. The number of carbonyl (C=O) groups excluding carboxylic acids is 1. The van der Waals surface area contributed by atoms with Gasteiger partial charge in [0.05, 0.1) is 0 Å². The van der Waals surface area contributed by atoms with Crippen LogP contribution in [0.1, 0.15) is 52.4 Å². The molecule has 0 aromatic heterocycles. The number of Topliss-reactive ketones (excluding diaryl/α,β-unsaturated/α-hetero) is 1. The highest BCUT2D eigenvalue weighted by molar-refractivity contribution is 5.95. The highest BCUT2D eigenvalue weighted by Crippen LogP contribution is 2.28. The maximum Gasteiger partial charge on any atom is 0.158 e. The van der Waals surface area contributed by atoms with Crippen LogP contribution in [0.15, 0.2) is 23.8 Å². The molecule has 0 unspecified atom stereocenters. The summed E-state index contributed by atoms with van der Waals surface area (Å²) >= 11 is 0. The van der Waals surface area contributed by atoms with Crippen molar-refractivity contribution < 1.29 is 4.79 Å². The third kappa shape index (κ3) is 3.65. The molecule has 0 heterocycles. The summed E-state index contributed by atoms with van der Waals surface area (Å²) in [7, 11) is 0. The molecule has 1 aliphatic carbocycles. The average Bonchev–Trinajstić information content (AvgIpc) is 2.22. The molecule has 0 fully saturated rings. The first kappa shape index (κ1) is 12.2. The van der Waals surface area contributed by atoms with Crippen LogP contribution in [0.25, 0.3) is 0 Å². The molecule has 84 valence electrons. The number of ketones is 1. The predicted octanol–water partition coefficient (Wildman–Crippen LogP) is 4.05. The van der Waals surface area contributed by atoms with E-state index < -0.39 is 0 Å². The van der Waals surface area contributed by atoms with Crippen molar-refractivity contribution in [3.8, 4) is 0 Å². The minimum atomic E-state index is 0.308. The summed E-state index contributed by atoms with van der Waals surface area (Å²) in [6.45, 7) is 8.25. The molecule has 1 heteroatoms. The number of allylic oxidation sites excluding steroid dienone is 3. The molecule has 1 aliphatic rings. The summed E-state index contributed by atoms with van der Waals surface area (Å²) in [6.07, 6.45) is 8.61. The van der Waals surface area contributed by atoms with Crippen LogP contribution in [-0.2, 0) is 4.79 Å². The van der Waals surface area contributed by atoms with E-state index in [9.17, 15) is 4.79 Å². The molecule has 0 aliphatic heterocycles. The first-order valence-corrected chi connectivity index (χ1v) is 6.02. The number of rotatable bonds is 5. The maximum atomic E-state index is 11.5. The van der Waals surface area contributed by atoms with Crippen molar-refractivity contribution in [2.24, 2.45) is 5.92 Å². The Bertz CT molecular complexity index is 273. The number of hydrogen-bond donors (Lipinski definition) is 0. The largest absolute Gasteiger partial charge is 0.295 e. The lowest BCUT2D eigenvalue weighted by Crippen LogP contribution is -2.15. The predicted molar refractivity (Wildman–Crippen MR) is 64.8 cm³/mol. The zero-order chi connectivity index (χ0) is 11.3. The molecule has 0 aromatic carbocycles. The minimum Gasteiger partial charge on any atom is -0.295 e. The van der Waals surface area contributed by atoms with E-state index in [2.05, 4.69) is 19.6 Å². The summed E-state index contributed by atoms with van der Waals surface area (Å²) in [6, 6.07) is 0. The lowest BCUT2D eigenvalue weighted by atomic mass is 9.83. The first-order valence-electron chi connectivity index (χ1n) is 6.02. The molecule has 15 heavy (non-hydrogen) atoms. The van der Waals surface area contributed by atoms with Crippen molar-refractivity contribution in [2.45, 2.75) is 52.4 Å². The van der Waals surface area contributed by atoms with Gasteiger partial charge in [-0.1, -0.05) is 38.0 Å². The van der Waals surface area contributed by atoms with Crippen molar-refractivity contribution >= 4 is 5.78 Å². The van der Waals surface area contributed by atoms with Gasteiger partial charge in [0, 0.05) is 6.42 Å². The topological polar surface area (TPSA) is 17.1 Å². The van der Waals surface area contributed by atoms with Crippen LogP contribution in [0, 0.1) is 5.92 Å². The monoisotopic (exact) mass is 206 g/mol. The molecule has 1 atom stereocenters. The van der Waals surface area contributed by atoms with E-state index in [0.717, 1.165) is 18.4 Å². The van der Waals surface area contributed by atoms with Crippen LogP contribution < -0.4 is 0 Å². The molecular weight excluding hydrogens is 184 g/mol. The van der Waals surface area contributed by atoms with Gasteiger partial charge in [0.15, 0.2) is 5.78 Å². The minimum absolute atomic E-state index is 0.308. The summed E-state index contributed by atoms with van der Waals surface area (Å²) < 4.78 is 0. The maximum absolute atomic E-state index is 11.5. The zero-order valence-electron chi connectivity index (χ0n) is 10.0. The summed E-state index contributed by atoms with van der Waals surface area (Å²) in [4.78, 5) is 11.5. The van der Waals surface area contributed by atoms with Gasteiger partial charge in [-0.05, 0) is 37.7 Å². The van der Waals surface area contributed by atoms with Crippen LogP contribution in [0.4, 0.5) is 0 Å². The van der Waals surface area contributed by atoms with Gasteiger partial charge in [-0.15, -0.1) is 0 Å². The Morgan fingerprint density at radius 1 is 1.53 bits per heavy atom. The van der Waals surface area contributed by atoms with Gasteiger partial charge in [-0.25, -0.2) is 0 Å². The van der Waals surface area contributed by atoms with E-state index in [1.54, 1.807) is 0 Å². The smallest absolute Gasteiger partial charge is 0.158 e. The molecule has 0 amide bonds. The second kappa shape index (κ2) is 5.89. The molecule has 0 bridgehead atoms. The molecule has 0 saturated heterocycles. The van der Waals surface area contributed by atoms with Crippen LogP contribution in [-0.4, -0.2) is 5.78 Å². The highest BCUT2D eigenvalue weighted by atomic mass is 16.1. The molecule has 0 N–H and O–H groups in total. The molecule has 0 saturated carbocycles. The van der Waals surface area contributed by atoms with E-state index in [4.69, 9.17) is 0 Å². The lowest BCUT2D eigenvalue weighted by Gasteiger charge is -2.21. The van der Waals surface area contributed by atoms with Crippen LogP contribution in [0.3, 0.4) is 0 Å². The standard InChI is InChI=1S/C14H22O/c1-4-5-6-7-11(2)13-9-8-12(3)14(15)10-13/h8,13H,2,4-7,9-10H2,1,3H3/t13-/m1/s1. The summed E-state index contributed by atoms with van der Waals surface area (Å²) in [5, 5.41) is 0. The van der Waals surface area contributed by atoms with Gasteiger partial charge < -0.3 is 0 Å². The van der Waals surface area contributed by atoms with Gasteiger partial charge in [0.1, 0.15) is 0 Å².